The van der Waals surface area contributed by atoms with Gasteiger partial charge in [0.05, 0.1) is 24.4 Å². The Morgan fingerprint density at radius 3 is 2.65 bits per heavy atom. The van der Waals surface area contributed by atoms with Crippen molar-refractivity contribution in [1.29, 1.82) is 0 Å². The molecule has 1 N–H and O–H groups in total. The van der Waals surface area contributed by atoms with E-state index in [4.69, 9.17) is 9.47 Å². The number of hydrogen-bond donors (Lipinski definition) is 1. The van der Waals surface area contributed by atoms with Crippen LogP contribution in [0.1, 0.15) is 38.5 Å². The normalized spacial score (nSPS) is 15.0. The smallest absolute Gasteiger partial charge is 0.226 e. The van der Waals surface area contributed by atoms with Gasteiger partial charge < -0.3 is 14.8 Å². The molecule has 0 aliphatic heterocycles. The van der Waals surface area contributed by atoms with Crippen molar-refractivity contribution in [2.45, 2.75) is 38.5 Å². The molecule has 0 radical (unpaired) electrons. The lowest BCUT2D eigenvalue weighted by Crippen LogP contribution is -2.12. The predicted molar refractivity (Wildman–Crippen MR) is 92.5 cm³/mol. The molecular weight excluding hydrogens is 312 g/mol. The Balaban J connectivity index is 1.66. The van der Waals surface area contributed by atoms with Gasteiger partial charge in [-0.1, -0.05) is 37.0 Å². The molecule has 6 heteroatoms. The largest absolute Gasteiger partial charge is 0.493 e. The van der Waals surface area contributed by atoms with Gasteiger partial charge in [0, 0.05) is 18.6 Å². The molecule has 1 amide bonds. The highest BCUT2D eigenvalue weighted by Gasteiger charge is 2.17. The van der Waals surface area contributed by atoms with E-state index in [0.29, 0.717) is 23.1 Å². The van der Waals surface area contributed by atoms with Gasteiger partial charge in [-0.15, -0.1) is 0 Å². The highest BCUT2D eigenvalue weighted by Crippen LogP contribution is 2.36. The Hall–Kier alpha value is -1.82. The lowest BCUT2D eigenvalue weighted by molar-refractivity contribution is -0.116. The van der Waals surface area contributed by atoms with E-state index in [2.05, 4.69) is 10.3 Å². The standard InChI is InChI=1S/C17H22N2O3S/c1-21-13-9-12-15(10-14(13)22-2)23-17(18-12)19-16(20)8-7-11-5-3-4-6-11/h9-11H,3-8H2,1-2H3,(H,18,19,20). The van der Waals surface area contributed by atoms with Crippen LogP contribution in [0.25, 0.3) is 10.2 Å². The third-order valence-electron chi connectivity index (χ3n) is 4.39. The molecule has 1 saturated carbocycles. The van der Waals surface area contributed by atoms with Crippen LogP contribution in [-0.4, -0.2) is 25.1 Å². The molecule has 124 valence electrons. The van der Waals surface area contributed by atoms with Crippen LogP contribution in [0.15, 0.2) is 12.1 Å². The molecule has 0 spiro atoms. The predicted octanol–water partition coefficient (Wildman–Crippen LogP) is 4.22. The number of rotatable bonds is 6. The lowest BCUT2D eigenvalue weighted by Gasteiger charge is -2.07. The van der Waals surface area contributed by atoms with Crippen LogP contribution in [0, 0.1) is 5.92 Å². The van der Waals surface area contributed by atoms with Crippen LogP contribution < -0.4 is 14.8 Å². The topological polar surface area (TPSA) is 60.5 Å². The summed E-state index contributed by atoms with van der Waals surface area (Å²) in [6.07, 6.45) is 6.73. The first-order chi connectivity index (χ1) is 11.2. The van der Waals surface area contributed by atoms with Crippen LogP contribution in [0.5, 0.6) is 11.5 Å². The van der Waals surface area contributed by atoms with Crippen LogP contribution in [0.4, 0.5) is 5.13 Å². The van der Waals surface area contributed by atoms with Gasteiger partial charge in [-0.05, 0) is 12.3 Å². The van der Waals surface area contributed by atoms with E-state index in [1.807, 2.05) is 12.1 Å². The molecule has 5 nitrogen and oxygen atoms in total. The number of amides is 1. The number of carbonyl (C=O) groups excluding carboxylic acids is 1. The van der Waals surface area contributed by atoms with E-state index in [0.717, 1.165) is 22.6 Å². The van der Waals surface area contributed by atoms with E-state index < -0.39 is 0 Å². The van der Waals surface area contributed by atoms with Crippen molar-refractivity contribution in [1.82, 2.24) is 4.98 Å². The number of fused-ring (bicyclic) bond motifs is 1. The summed E-state index contributed by atoms with van der Waals surface area (Å²) in [5.41, 5.74) is 0.804. The first-order valence-electron chi connectivity index (χ1n) is 8.02. The second kappa shape index (κ2) is 7.17. The van der Waals surface area contributed by atoms with E-state index in [1.165, 1.54) is 37.0 Å². The van der Waals surface area contributed by atoms with E-state index in [9.17, 15) is 4.79 Å². The van der Waals surface area contributed by atoms with Crippen molar-refractivity contribution in [2.75, 3.05) is 19.5 Å². The Morgan fingerprint density at radius 2 is 1.96 bits per heavy atom. The fraction of sp³-hybridized carbons (Fsp3) is 0.529. The number of anilines is 1. The molecule has 1 aliphatic rings. The van der Waals surface area contributed by atoms with Crippen molar-refractivity contribution in [3.63, 3.8) is 0 Å². The molecular formula is C17H22N2O3S. The average Bonchev–Trinajstić information content (AvgIpc) is 3.20. The highest BCUT2D eigenvalue weighted by atomic mass is 32.1. The molecule has 1 aromatic carbocycles. The van der Waals surface area contributed by atoms with Crippen LogP contribution in [0.2, 0.25) is 0 Å². The second-order valence-electron chi connectivity index (χ2n) is 5.93. The number of aromatic nitrogens is 1. The van der Waals surface area contributed by atoms with Crippen LogP contribution in [-0.2, 0) is 4.79 Å². The summed E-state index contributed by atoms with van der Waals surface area (Å²) in [5.74, 6) is 2.09. The van der Waals surface area contributed by atoms with Crippen molar-refractivity contribution >= 4 is 32.6 Å². The van der Waals surface area contributed by atoms with Crippen molar-refractivity contribution < 1.29 is 14.3 Å². The molecule has 1 aliphatic carbocycles. The summed E-state index contributed by atoms with van der Waals surface area (Å²) in [5, 5.41) is 3.55. The Labute approximate surface area is 140 Å². The summed E-state index contributed by atoms with van der Waals surface area (Å²) < 4.78 is 11.5. The minimum Gasteiger partial charge on any atom is -0.493 e. The summed E-state index contributed by atoms with van der Waals surface area (Å²) in [6, 6.07) is 3.72. The molecule has 1 heterocycles. The third kappa shape index (κ3) is 3.75. The molecule has 0 atom stereocenters. The molecule has 2 aromatic rings. The maximum atomic E-state index is 12.1. The van der Waals surface area contributed by atoms with Crippen molar-refractivity contribution in [2.24, 2.45) is 5.92 Å². The van der Waals surface area contributed by atoms with Gasteiger partial charge in [-0.3, -0.25) is 4.79 Å². The molecule has 0 unspecified atom stereocenters. The number of benzene rings is 1. The van der Waals surface area contributed by atoms with E-state index in [-0.39, 0.29) is 5.91 Å². The number of ether oxygens (including phenoxy) is 2. The molecule has 1 aromatic heterocycles. The van der Waals surface area contributed by atoms with Gasteiger partial charge >= 0.3 is 0 Å². The molecule has 0 bridgehead atoms. The second-order valence-corrected chi connectivity index (χ2v) is 6.96. The van der Waals surface area contributed by atoms with Gasteiger partial charge in [0.1, 0.15) is 0 Å². The minimum absolute atomic E-state index is 0.0508. The van der Waals surface area contributed by atoms with Gasteiger partial charge in [0.2, 0.25) is 5.91 Å². The van der Waals surface area contributed by atoms with Crippen LogP contribution >= 0.6 is 11.3 Å². The zero-order valence-corrected chi connectivity index (χ0v) is 14.4. The third-order valence-corrected chi connectivity index (χ3v) is 5.33. The van der Waals surface area contributed by atoms with Crippen molar-refractivity contribution in [3.8, 4) is 11.5 Å². The summed E-state index contributed by atoms with van der Waals surface area (Å²) in [7, 11) is 3.21. The first-order valence-corrected chi connectivity index (χ1v) is 8.83. The van der Waals surface area contributed by atoms with Crippen LogP contribution in [0.3, 0.4) is 0 Å². The Bertz CT molecular complexity index is 651. The number of carbonyl (C=O) groups is 1. The van der Waals surface area contributed by atoms with E-state index in [1.54, 1.807) is 14.2 Å². The van der Waals surface area contributed by atoms with Crippen molar-refractivity contribution in [3.05, 3.63) is 12.1 Å². The SMILES string of the molecule is COc1cc2nc(NC(=O)CCC3CCCC3)sc2cc1OC. The maximum absolute atomic E-state index is 12.1. The summed E-state index contributed by atoms with van der Waals surface area (Å²) in [4.78, 5) is 16.6. The number of hydrogen-bond acceptors (Lipinski definition) is 5. The summed E-state index contributed by atoms with van der Waals surface area (Å²) >= 11 is 1.45. The zero-order valence-electron chi connectivity index (χ0n) is 13.6. The molecule has 3 rings (SSSR count). The van der Waals surface area contributed by atoms with E-state index >= 15 is 0 Å². The number of nitrogens with zero attached hydrogens (tertiary/aromatic N) is 1. The van der Waals surface area contributed by atoms with Gasteiger partial charge in [0.15, 0.2) is 16.6 Å². The number of nitrogens with one attached hydrogen (secondary N) is 1. The van der Waals surface area contributed by atoms with Gasteiger partial charge in [-0.25, -0.2) is 4.98 Å². The zero-order chi connectivity index (χ0) is 16.2. The fourth-order valence-corrected chi connectivity index (χ4v) is 4.02. The molecule has 23 heavy (non-hydrogen) atoms. The number of methoxy groups -OCH3 is 2. The monoisotopic (exact) mass is 334 g/mol. The molecule has 1 fully saturated rings. The minimum atomic E-state index is 0.0508. The van der Waals surface area contributed by atoms with Gasteiger partial charge in [-0.2, -0.15) is 0 Å². The summed E-state index contributed by atoms with van der Waals surface area (Å²) in [6.45, 7) is 0. The van der Waals surface area contributed by atoms with Gasteiger partial charge in [0.25, 0.3) is 0 Å². The Kier molecular flexibility index (Phi) is 5.00. The quantitative estimate of drug-likeness (QED) is 0.859. The Morgan fingerprint density at radius 1 is 1.26 bits per heavy atom. The number of thiazole rings is 1. The maximum Gasteiger partial charge on any atom is 0.226 e. The fourth-order valence-electron chi connectivity index (χ4n) is 3.12. The first kappa shape index (κ1) is 16.1. The lowest BCUT2D eigenvalue weighted by atomic mass is 10.0. The average molecular weight is 334 g/mol. The highest BCUT2D eigenvalue weighted by molar-refractivity contribution is 7.22. The molecule has 0 saturated heterocycles.